The fourth-order valence-corrected chi connectivity index (χ4v) is 2.62. The molecule has 29 heavy (non-hydrogen) atoms. The largest absolute Gasteiger partial charge is 0.491 e. The monoisotopic (exact) mass is 513 g/mol. The Labute approximate surface area is 190 Å². The number of halogens is 1. The second kappa shape index (κ2) is 12.7. The van der Waals surface area contributed by atoms with Gasteiger partial charge in [0, 0.05) is 31.6 Å². The summed E-state index contributed by atoms with van der Waals surface area (Å²) in [7, 11) is 0. The van der Waals surface area contributed by atoms with Gasteiger partial charge >= 0.3 is 0 Å². The molecule has 2 aromatic rings. The summed E-state index contributed by atoms with van der Waals surface area (Å²) in [5.74, 6) is 2.40. The molecular weight excluding hydrogens is 481 g/mol. The highest BCUT2D eigenvalue weighted by Gasteiger charge is 2.20. The molecule has 0 aliphatic heterocycles. The molecule has 1 aliphatic carbocycles. The molecular formula is C21H32IN5O2. The van der Waals surface area contributed by atoms with Gasteiger partial charge in [0.1, 0.15) is 5.75 Å². The fourth-order valence-electron chi connectivity index (χ4n) is 2.62. The number of rotatable bonds is 11. The van der Waals surface area contributed by atoms with Crippen LogP contribution >= 0.6 is 24.0 Å². The highest BCUT2D eigenvalue weighted by atomic mass is 127. The molecule has 0 unspecified atom stereocenters. The number of aromatic nitrogens is 2. The number of aliphatic imine (C=N–C) groups is 1. The van der Waals surface area contributed by atoms with Crippen LogP contribution in [-0.2, 0) is 11.3 Å². The van der Waals surface area contributed by atoms with Crippen molar-refractivity contribution in [3.05, 3.63) is 42.2 Å². The van der Waals surface area contributed by atoms with Crippen molar-refractivity contribution in [3.8, 4) is 5.75 Å². The van der Waals surface area contributed by atoms with E-state index < -0.39 is 0 Å². The van der Waals surface area contributed by atoms with Crippen molar-refractivity contribution in [2.24, 2.45) is 10.9 Å². The van der Waals surface area contributed by atoms with Crippen LogP contribution in [-0.4, -0.2) is 42.0 Å². The van der Waals surface area contributed by atoms with Crippen LogP contribution < -0.4 is 15.4 Å². The summed E-state index contributed by atoms with van der Waals surface area (Å²) in [6.45, 7) is 7.05. The SMILES string of the molecule is CC(C)Oc1ccc(NC(=NCc2ccn[nH]2)NCCCOCC2CC2)cc1.I. The van der Waals surface area contributed by atoms with E-state index in [4.69, 9.17) is 9.47 Å². The van der Waals surface area contributed by atoms with E-state index in [1.54, 1.807) is 6.20 Å². The fraction of sp³-hybridized carbons (Fsp3) is 0.524. The summed E-state index contributed by atoms with van der Waals surface area (Å²) in [4.78, 5) is 4.64. The number of nitrogens with zero attached hydrogens (tertiary/aromatic N) is 2. The van der Waals surface area contributed by atoms with Gasteiger partial charge in [-0.2, -0.15) is 5.10 Å². The quantitative estimate of drug-likeness (QED) is 0.182. The summed E-state index contributed by atoms with van der Waals surface area (Å²) in [5, 5.41) is 13.6. The van der Waals surface area contributed by atoms with Gasteiger partial charge in [-0.3, -0.25) is 5.10 Å². The minimum absolute atomic E-state index is 0. The number of guanidine groups is 1. The first-order valence-electron chi connectivity index (χ1n) is 10.1. The van der Waals surface area contributed by atoms with Gasteiger partial charge in [0.25, 0.3) is 0 Å². The van der Waals surface area contributed by atoms with Crippen LogP contribution in [0.1, 0.15) is 38.8 Å². The summed E-state index contributed by atoms with van der Waals surface area (Å²) < 4.78 is 11.4. The first-order valence-corrected chi connectivity index (χ1v) is 10.1. The Balaban J connectivity index is 0.00000300. The van der Waals surface area contributed by atoms with E-state index in [0.717, 1.165) is 55.2 Å². The second-order valence-electron chi connectivity index (χ2n) is 7.36. The molecule has 0 spiro atoms. The van der Waals surface area contributed by atoms with Crippen LogP contribution in [0.25, 0.3) is 0 Å². The highest BCUT2D eigenvalue weighted by Crippen LogP contribution is 2.28. The van der Waals surface area contributed by atoms with Crippen molar-refractivity contribution in [2.75, 3.05) is 25.1 Å². The van der Waals surface area contributed by atoms with Gasteiger partial charge in [-0.15, -0.1) is 24.0 Å². The number of nitrogens with one attached hydrogen (secondary N) is 3. The van der Waals surface area contributed by atoms with E-state index in [1.165, 1.54) is 12.8 Å². The predicted molar refractivity (Wildman–Crippen MR) is 127 cm³/mol. The Kier molecular flexibility index (Phi) is 10.3. The standard InChI is InChI=1S/C21H31N5O2.HI/c1-16(2)28-20-8-6-18(7-9-20)25-21(23-14-19-10-12-24-26-19)22-11-3-13-27-15-17-4-5-17;/h6-10,12,16-17H,3-5,11,13-15H2,1-2H3,(H,24,26)(H2,22,23,25);1H. The molecule has 1 aromatic heterocycles. The van der Waals surface area contributed by atoms with Gasteiger partial charge in [0.2, 0.25) is 0 Å². The van der Waals surface area contributed by atoms with Crippen LogP contribution in [0.15, 0.2) is 41.5 Å². The Morgan fingerprint density at radius 2 is 2.03 bits per heavy atom. The molecule has 1 saturated carbocycles. The molecule has 0 radical (unpaired) electrons. The lowest BCUT2D eigenvalue weighted by atomic mass is 10.3. The molecule has 3 rings (SSSR count). The van der Waals surface area contributed by atoms with Crippen LogP contribution in [0, 0.1) is 5.92 Å². The zero-order valence-electron chi connectivity index (χ0n) is 17.2. The summed E-state index contributed by atoms with van der Waals surface area (Å²) >= 11 is 0. The predicted octanol–water partition coefficient (Wildman–Crippen LogP) is 4.19. The Morgan fingerprint density at radius 3 is 2.69 bits per heavy atom. The third kappa shape index (κ3) is 9.49. The topological polar surface area (TPSA) is 83.6 Å². The number of H-pyrrole nitrogens is 1. The van der Waals surface area contributed by atoms with Crippen molar-refractivity contribution >= 4 is 35.6 Å². The number of aromatic amines is 1. The van der Waals surface area contributed by atoms with Gasteiger partial charge in [0.05, 0.1) is 18.3 Å². The molecule has 0 amide bonds. The maximum atomic E-state index is 5.70. The van der Waals surface area contributed by atoms with Crippen LogP contribution in [0.2, 0.25) is 0 Å². The molecule has 3 N–H and O–H groups in total. The lowest BCUT2D eigenvalue weighted by molar-refractivity contribution is 0.123. The molecule has 8 heteroatoms. The van der Waals surface area contributed by atoms with Crippen LogP contribution in [0.5, 0.6) is 5.75 Å². The van der Waals surface area contributed by atoms with Crippen LogP contribution in [0.3, 0.4) is 0 Å². The van der Waals surface area contributed by atoms with Crippen molar-refractivity contribution in [1.29, 1.82) is 0 Å². The third-order valence-electron chi connectivity index (χ3n) is 4.26. The average molecular weight is 513 g/mol. The summed E-state index contributed by atoms with van der Waals surface area (Å²) in [6, 6.07) is 9.82. The smallest absolute Gasteiger partial charge is 0.196 e. The Hall–Kier alpha value is -1.81. The van der Waals surface area contributed by atoms with Gasteiger partial charge < -0.3 is 20.1 Å². The van der Waals surface area contributed by atoms with E-state index in [-0.39, 0.29) is 30.1 Å². The summed E-state index contributed by atoms with van der Waals surface area (Å²) in [5.41, 5.74) is 1.92. The molecule has 1 aliphatic rings. The maximum Gasteiger partial charge on any atom is 0.196 e. The zero-order chi connectivity index (χ0) is 19.6. The molecule has 1 aromatic carbocycles. The van der Waals surface area contributed by atoms with Crippen molar-refractivity contribution in [1.82, 2.24) is 15.5 Å². The van der Waals surface area contributed by atoms with E-state index >= 15 is 0 Å². The second-order valence-corrected chi connectivity index (χ2v) is 7.36. The Bertz CT molecular complexity index is 715. The minimum Gasteiger partial charge on any atom is -0.491 e. The molecule has 1 heterocycles. The molecule has 0 atom stereocenters. The number of ether oxygens (including phenoxy) is 2. The number of hydrogen-bond donors (Lipinski definition) is 3. The number of hydrogen-bond acceptors (Lipinski definition) is 4. The number of benzene rings is 1. The molecule has 1 fully saturated rings. The van der Waals surface area contributed by atoms with E-state index in [1.807, 2.05) is 44.2 Å². The lowest BCUT2D eigenvalue weighted by Gasteiger charge is -2.14. The van der Waals surface area contributed by atoms with Crippen LogP contribution in [0.4, 0.5) is 5.69 Å². The first kappa shape index (κ1) is 23.5. The normalized spacial score (nSPS) is 13.8. The number of anilines is 1. The highest BCUT2D eigenvalue weighted by molar-refractivity contribution is 14.0. The molecule has 7 nitrogen and oxygen atoms in total. The van der Waals surface area contributed by atoms with E-state index in [9.17, 15) is 0 Å². The van der Waals surface area contributed by atoms with Gasteiger partial charge in [-0.25, -0.2) is 4.99 Å². The summed E-state index contributed by atoms with van der Waals surface area (Å²) in [6.07, 6.45) is 5.49. The molecule has 0 saturated heterocycles. The first-order chi connectivity index (χ1) is 13.7. The van der Waals surface area contributed by atoms with Gasteiger partial charge in [-0.05, 0) is 69.4 Å². The van der Waals surface area contributed by atoms with E-state index in [0.29, 0.717) is 6.54 Å². The zero-order valence-corrected chi connectivity index (χ0v) is 19.5. The lowest BCUT2D eigenvalue weighted by Crippen LogP contribution is -2.32. The average Bonchev–Trinajstić information content (AvgIpc) is 3.35. The minimum atomic E-state index is 0. The van der Waals surface area contributed by atoms with Crippen molar-refractivity contribution in [2.45, 2.75) is 45.8 Å². The van der Waals surface area contributed by atoms with Crippen molar-refractivity contribution in [3.63, 3.8) is 0 Å². The van der Waals surface area contributed by atoms with Gasteiger partial charge in [0.15, 0.2) is 5.96 Å². The third-order valence-corrected chi connectivity index (χ3v) is 4.26. The molecule has 160 valence electrons. The van der Waals surface area contributed by atoms with Crippen molar-refractivity contribution < 1.29 is 9.47 Å². The Morgan fingerprint density at radius 1 is 1.24 bits per heavy atom. The van der Waals surface area contributed by atoms with E-state index in [2.05, 4.69) is 25.8 Å². The molecule has 0 bridgehead atoms. The van der Waals surface area contributed by atoms with Gasteiger partial charge in [-0.1, -0.05) is 0 Å². The maximum absolute atomic E-state index is 5.70.